The number of amides is 1. The van der Waals surface area contributed by atoms with E-state index in [1.807, 2.05) is 24.3 Å². The molecule has 0 aliphatic carbocycles. The molecule has 0 bridgehead atoms. The lowest BCUT2D eigenvalue weighted by Crippen LogP contribution is -2.59. The zero-order chi connectivity index (χ0) is 17.0. The summed E-state index contributed by atoms with van der Waals surface area (Å²) in [6.07, 6.45) is 1.32. The van der Waals surface area contributed by atoms with E-state index in [2.05, 4.69) is 4.90 Å². The lowest BCUT2D eigenvalue weighted by molar-refractivity contribution is -0.160. The highest BCUT2D eigenvalue weighted by molar-refractivity contribution is 5.86. The molecule has 1 fully saturated rings. The fraction of sp³-hybridized carbons (Fsp3) is 0.611. The Balaban J connectivity index is 1.68. The molecule has 1 atom stereocenters. The van der Waals surface area contributed by atoms with E-state index in [1.165, 1.54) is 0 Å². The maximum atomic E-state index is 12.7. The van der Waals surface area contributed by atoms with E-state index in [-0.39, 0.29) is 5.91 Å². The average Bonchev–Trinajstić information content (AvgIpc) is 2.78. The van der Waals surface area contributed by atoms with Crippen LogP contribution in [0.1, 0.15) is 18.4 Å². The molecule has 0 spiro atoms. The Morgan fingerprint density at radius 2 is 2.17 bits per heavy atom. The van der Waals surface area contributed by atoms with Gasteiger partial charge in [-0.3, -0.25) is 9.69 Å². The van der Waals surface area contributed by atoms with Crippen LogP contribution < -0.4 is 4.74 Å². The summed E-state index contributed by atoms with van der Waals surface area (Å²) in [5.74, 6) is 0.716. The van der Waals surface area contributed by atoms with Crippen LogP contribution in [0, 0.1) is 0 Å². The van der Waals surface area contributed by atoms with Gasteiger partial charge in [-0.1, -0.05) is 18.2 Å². The second-order valence-electron chi connectivity index (χ2n) is 6.59. The Morgan fingerprint density at radius 3 is 3.00 bits per heavy atom. The number of hydrogen-bond acceptors (Lipinski definition) is 5. The van der Waals surface area contributed by atoms with Gasteiger partial charge in [0.2, 0.25) is 0 Å². The highest BCUT2D eigenvalue weighted by Gasteiger charge is 2.43. The molecule has 0 radical (unpaired) electrons. The van der Waals surface area contributed by atoms with Crippen molar-refractivity contribution in [3.05, 3.63) is 29.8 Å². The smallest absolute Gasteiger partial charge is 0.255 e. The first kappa shape index (κ1) is 17.2. The van der Waals surface area contributed by atoms with Crippen molar-refractivity contribution < 1.29 is 19.4 Å². The second-order valence-corrected chi connectivity index (χ2v) is 6.59. The summed E-state index contributed by atoms with van der Waals surface area (Å²) in [7, 11) is 1.62. The summed E-state index contributed by atoms with van der Waals surface area (Å²) < 4.78 is 10.8. The number of para-hydroxylation sites is 1. The first-order chi connectivity index (χ1) is 11.6. The standard InChI is InChI=1S/C18H26N2O4/c1-23-11-10-20-8-4-7-18(22,17(20)21)14-19-9-12-24-16-6-3-2-5-15(16)13-19/h2-3,5-6,22H,4,7-14H2,1H3/t18-/m1/s1. The molecule has 0 saturated carbocycles. The number of carbonyl (C=O) groups is 1. The molecular formula is C18H26N2O4. The van der Waals surface area contributed by atoms with Crippen molar-refractivity contribution in [2.24, 2.45) is 0 Å². The van der Waals surface area contributed by atoms with Gasteiger partial charge in [0.05, 0.1) is 6.61 Å². The van der Waals surface area contributed by atoms with Gasteiger partial charge in [0.25, 0.3) is 5.91 Å². The fourth-order valence-corrected chi connectivity index (χ4v) is 3.51. The van der Waals surface area contributed by atoms with Crippen molar-refractivity contribution in [2.75, 3.05) is 46.5 Å². The molecule has 6 heteroatoms. The summed E-state index contributed by atoms with van der Waals surface area (Å²) in [5, 5.41) is 11.0. The third-order valence-corrected chi connectivity index (χ3v) is 4.79. The van der Waals surface area contributed by atoms with Gasteiger partial charge in [0, 0.05) is 45.4 Å². The van der Waals surface area contributed by atoms with Crippen LogP contribution in [0.15, 0.2) is 24.3 Å². The van der Waals surface area contributed by atoms with Crippen LogP contribution in [-0.2, 0) is 16.1 Å². The Bertz CT molecular complexity index is 580. The molecule has 3 rings (SSSR count). The van der Waals surface area contributed by atoms with Crippen molar-refractivity contribution in [1.82, 2.24) is 9.80 Å². The van der Waals surface area contributed by atoms with Gasteiger partial charge in [-0.25, -0.2) is 0 Å². The highest BCUT2D eigenvalue weighted by Crippen LogP contribution is 2.27. The lowest BCUT2D eigenvalue weighted by Gasteiger charge is -2.40. The van der Waals surface area contributed by atoms with Crippen LogP contribution in [-0.4, -0.2) is 72.9 Å². The minimum absolute atomic E-state index is 0.177. The van der Waals surface area contributed by atoms with Crippen molar-refractivity contribution in [3.63, 3.8) is 0 Å². The average molecular weight is 334 g/mol. The van der Waals surface area contributed by atoms with E-state index in [9.17, 15) is 9.90 Å². The summed E-state index contributed by atoms with van der Waals surface area (Å²) in [6.45, 7) is 4.00. The molecular weight excluding hydrogens is 308 g/mol. The van der Waals surface area contributed by atoms with Gasteiger partial charge < -0.3 is 19.5 Å². The van der Waals surface area contributed by atoms with Gasteiger partial charge in [-0.15, -0.1) is 0 Å². The number of fused-ring (bicyclic) bond motifs is 1. The zero-order valence-electron chi connectivity index (χ0n) is 14.2. The third kappa shape index (κ3) is 3.71. The summed E-state index contributed by atoms with van der Waals surface area (Å²) in [4.78, 5) is 16.6. The molecule has 0 unspecified atom stereocenters. The third-order valence-electron chi connectivity index (χ3n) is 4.79. The minimum Gasteiger partial charge on any atom is -0.492 e. The first-order valence-electron chi connectivity index (χ1n) is 8.56. The van der Waals surface area contributed by atoms with E-state index in [0.29, 0.717) is 52.4 Å². The Hall–Kier alpha value is -1.63. The second kappa shape index (κ2) is 7.51. The first-order valence-corrected chi connectivity index (χ1v) is 8.56. The molecule has 1 aromatic carbocycles. The lowest BCUT2D eigenvalue weighted by atomic mass is 9.91. The summed E-state index contributed by atoms with van der Waals surface area (Å²) in [6, 6.07) is 7.94. The largest absolute Gasteiger partial charge is 0.492 e. The Labute approximate surface area is 143 Å². The molecule has 6 nitrogen and oxygen atoms in total. The Morgan fingerprint density at radius 1 is 1.33 bits per heavy atom. The van der Waals surface area contributed by atoms with Gasteiger partial charge in [-0.05, 0) is 18.9 Å². The minimum atomic E-state index is -1.31. The van der Waals surface area contributed by atoms with Crippen LogP contribution in [0.5, 0.6) is 5.75 Å². The van der Waals surface area contributed by atoms with Crippen LogP contribution in [0.3, 0.4) is 0 Å². The number of hydrogen-bond donors (Lipinski definition) is 1. The number of methoxy groups -OCH3 is 1. The Kier molecular flexibility index (Phi) is 5.38. The van der Waals surface area contributed by atoms with Gasteiger partial charge in [0.1, 0.15) is 12.4 Å². The molecule has 1 N–H and O–H groups in total. The van der Waals surface area contributed by atoms with Crippen molar-refractivity contribution >= 4 is 5.91 Å². The van der Waals surface area contributed by atoms with Crippen LogP contribution in [0.25, 0.3) is 0 Å². The van der Waals surface area contributed by atoms with E-state index < -0.39 is 5.60 Å². The predicted octanol–water partition coefficient (Wildman–Crippen LogP) is 0.881. The molecule has 0 aromatic heterocycles. The highest BCUT2D eigenvalue weighted by atomic mass is 16.5. The summed E-state index contributed by atoms with van der Waals surface area (Å²) >= 11 is 0. The number of carbonyl (C=O) groups excluding carboxylic acids is 1. The van der Waals surface area contributed by atoms with E-state index >= 15 is 0 Å². The number of ether oxygens (including phenoxy) is 2. The number of nitrogens with zero attached hydrogens (tertiary/aromatic N) is 2. The quantitative estimate of drug-likeness (QED) is 0.866. The fourth-order valence-electron chi connectivity index (χ4n) is 3.51. The number of benzene rings is 1. The molecule has 1 saturated heterocycles. The zero-order valence-corrected chi connectivity index (χ0v) is 14.2. The molecule has 1 aromatic rings. The number of aliphatic hydroxyl groups is 1. The molecule has 24 heavy (non-hydrogen) atoms. The maximum Gasteiger partial charge on any atom is 0.255 e. The van der Waals surface area contributed by atoms with Crippen LogP contribution >= 0.6 is 0 Å². The molecule has 2 aliphatic heterocycles. The van der Waals surface area contributed by atoms with E-state index in [4.69, 9.17) is 9.47 Å². The van der Waals surface area contributed by atoms with Crippen LogP contribution in [0.2, 0.25) is 0 Å². The van der Waals surface area contributed by atoms with Gasteiger partial charge in [0.15, 0.2) is 5.60 Å². The topological polar surface area (TPSA) is 62.2 Å². The number of likely N-dealkylation sites (tertiary alicyclic amines) is 1. The monoisotopic (exact) mass is 334 g/mol. The van der Waals surface area contributed by atoms with Crippen LogP contribution in [0.4, 0.5) is 0 Å². The van der Waals surface area contributed by atoms with E-state index in [1.54, 1.807) is 12.0 Å². The van der Waals surface area contributed by atoms with Gasteiger partial charge >= 0.3 is 0 Å². The number of rotatable bonds is 5. The van der Waals surface area contributed by atoms with Crippen molar-refractivity contribution in [1.29, 1.82) is 0 Å². The number of piperidine rings is 1. The molecule has 132 valence electrons. The maximum absolute atomic E-state index is 12.7. The van der Waals surface area contributed by atoms with Gasteiger partial charge in [-0.2, -0.15) is 0 Å². The predicted molar refractivity (Wildman–Crippen MR) is 89.9 cm³/mol. The van der Waals surface area contributed by atoms with E-state index in [0.717, 1.165) is 17.7 Å². The molecule has 1 amide bonds. The summed E-state index contributed by atoms with van der Waals surface area (Å²) in [5.41, 5.74) is -0.219. The van der Waals surface area contributed by atoms with Crippen molar-refractivity contribution in [3.8, 4) is 5.75 Å². The molecule has 2 aliphatic rings. The van der Waals surface area contributed by atoms with Crippen molar-refractivity contribution in [2.45, 2.75) is 25.0 Å². The molecule has 2 heterocycles. The normalized spacial score (nSPS) is 25.1. The SMILES string of the molecule is COCCN1CCC[C@@](O)(CN2CCOc3ccccc3C2)C1=O. The number of β-amino-alcohol motifs (C(OH)–C–C–N with tert-alkyl or cyclic N) is 1.